The van der Waals surface area contributed by atoms with Crippen molar-refractivity contribution in [1.29, 1.82) is 0 Å². The van der Waals surface area contributed by atoms with Crippen LogP contribution in [0.3, 0.4) is 0 Å². The maximum absolute atomic E-state index is 12.6. The lowest BCUT2D eigenvalue weighted by Gasteiger charge is -2.21. The average Bonchev–Trinajstić information content (AvgIpc) is 2.57. The molecule has 3 nitrogen and oxygen atoms in total. The van der Waals surface area contributed by atoms with E-state index in [1.54, 1.807) is 6.07 Å². The summed E-state index contributed by atoms with van der Waals surface area (Å²) in [7, 11) is 0. The van der Waals surface area contributed by atoms with Gasteiger partial charge in [0.1, 0.15) is 0 Å². The molecular formula is C21H33NO2. The lowest BCUT2D eigenvalue weighted by atomic mass is 9.98. The smallest absolute Gasteiger partial charge is 0.261 e. The molecule has 0 unspecified atom stereocenters. The Morgan fingerprint density at radius 2 is 1.33 bits per heavy atom. The normalized spacial score (nSPS) is 19.5. The molecule has 0 N–H and O–H groups in total. The molecule has 0 amide bonds. The predicted molar refractivity (Wildman–Crippen MR) is 99.8 cm³/mol. The van der Waals surface area contributed by atoms with Crippen molar-refractivity contribution >= 4 is 5.78 Å². The van der Waals surface area contributed by atoms with Gasteiger partial charge in [-0.15, -0.1) is 0 Å². The number of aromatic nitrogens is 1. The van der Waals surface area contributed by atoms with Gasteiger partial charge in [-0.25, -0.2) is 0 Å². The second kappa shape index (κ2) is 10.5. The number of Topliss-reactive ketones (excluding diaryl/α,β-unsaturated/α-hetero) is 1. The van der Waals surface area contributed by atoms with Crippen LogP contribution in [-0.2, 0) is 0 Å². The monoisotopic (exact) mass is 331 g/mol. The Hall–Kier alpha value is -1.38. The number of ketones is 1. The van der Waals surface area contributed by atoms with Gasteiger partial charge < -0.3 is 4.57 Å². The molecule has 134 valence electrons. The molecule has 1 saturated carbocycles. The number of nitrogens with zero attached hydrogens (tertiary/aromatic N) is 1. The molecule has 1 fully saturated rings. The minimum absolute atomic E-state index is 0.101. The quantitative estimate of drug-likeness (QED) is 0.654. The second-order valence-electron chi connectivity index (χ2n) is 7.31. The first-order valence-electron chi connectivity index (χ1n) is 9.92. The van der Waals surface area contributed by atoms with E-state index >= 15 is 0 Å². The largest absolute Gasteiger partial charge is 0.312 e. The number of hydrogen-bond donors (Lipinski definition) is 0. The molecule has 0 aromatic carbocycles. The molecule has 1 aromatic rings. The van der Waals surface area contributed by atoms with E-state index in [0.29, 0.717) is 5.56 Å². The van der Waals surface area contributed by atoms with E-state index in [1.807, 2.05) is 16.8 Å². The Morgan fingerprint density at radius 3 is 1.79 bits per heavy atom. The molecule has 24 heavy (non-hydrogen) atoms. The molecule has 0 bridgehead atoms. The third kappa shape index (κ3) is 5.92. The summed E-state index contributed by atoms with van der Waals surface area (Å²) >= 11 is 0. The number of carbonyl (C=O) groups is 1. The minimum atomic E-state index is -0.129. The van der Waals surface area contributed by atoms with Crippen LogP contribution in [0.5, 0.6) is 0 Å². The van der Waals surface area contributed by atoms with E-state index in [4.69, 9.17) is 0 Å². The molecule has 0 spiro atoms. The van der Waals surface area contributed by atoms with Crippen LogP contribution in [0, 0.1) is 0 Å². The van der Waals surface area contributed by atoms with Gasteiger partial charge in [-0.05, 0) is 31.9 Å². The summed E-state index contributed by atoms with van der Waals surface area (Å²) < 4.78 is 1.84. The third-order valence-corrected chi connectivity index (χ3v) is 5.32. The van der Waals surface area contributed by atoms with Crippen LogP contribution in [0.25, 0.3) is 0 Å². The topological polar surface area (TPSA) is 39.1 Å². The van der Waals surface area contributed by atoms with Crippen molar-refractivity contribution < 1.29 is 4.79 Å². The molecular weight excluding hydrogens is 298 g/mol. The second-order valence-corrected chi connectivity index (χ2v) is 7.31. The highest BCUT2D eigenvalue weighted by Crippen LogP contribution is 2.23. The van der Waals surface area contributed by atoms with Crippen molar-refractivity contribution in [1.82, 2.24) is 4.57 Å². The molecule has 0 saturated heterocycles. The highest BCUT2D eigenvalue weighted by Gasteiger charge is 2.15. The van der Waals surface area contributed by atoms with E-state index in [-0.39, 0.29) is 17.4 Å². The summed E-state index contributed by atoms with van der Waals surface area (Å²) in [6, 6.07) is 3.76. The molecule has 3 heteroatoms. The van der Waals surface area contributed by atoms with Crippen LogP contribution < -0.4 is 5.56 Å². The zero-order valence-electron chi connectivity index (χ0n) is 15.3. The fourth-order valence-corrected chi connectivity index (χ4v) is 3.84. The van der Waals surface area contributed by atoms with Gasteiger partial charge in [0.15, 0.2) is 5.78 Å². The SMILES string of the molecule is CC(=O)c1cccn(C2CCCCCCCCCCCCC2)c1=O. The maximum atomic E-state index is 12.6. The molecule has 1 aromatic heterocycles. The van der Waals surface area contributed by atoms with E-state index in [9.17, 15) is 9.59 Å². The molecule has 1 aliphatic rings. The summed E-state index contributed by atoms with van der Waals surface area (Å²) in [5, 5.41) is 0. The first-order valence-corrected chi connectivity index (χ1v) is 9.92. The van der Waals surface area contributed by atoms with Gasteiger partial charge in [0.05, 0.1) is 5.56 Å². The highest BCUT2D eigenvalue weighted by molar-refractivity contribution is 5.93. The van der Waals surface area contributed by atoms with Gasteiger partial charge >= 0.3 is 0 Å². The zero-order chi connectivity index (χ0) is 17.2. The lowest BCUT2D eigenvalue weighted by molar-refractivity contribution is 0.101. The molecule has 1 aliphatic carbocycles. The molecule has 0 radical (unpaired) electrons. The Morgan fingerprint density at radius 1 is 0.875 bits per heavy atom. The van der Waals surface area contributed by atoms with Gasteiger partial charge in [0.25, 0.3) is 5.56 Å². The maximum Gasteiger partial charge on any atom is 0.261 e. The van der Waals surface area contributed by atoms with Crippen LogP contribution in [0.15, 0.2) is 23.1 Å². The Bertz CT molecular complexity index is 547. The van der Waals surface area contributed by atoms with Crippen LogP contribution in [0.1, 0.15) is 107 Å². The summed E-state index contributed by atoms with van der Waals surface area (Å²) in [6.07, 6.45) is 18.4. The number of carbonyl (C=O) groups excluding carboxylic acids is 1. The van der Waals surface area contributed by atoms with E-state index in [2.05, 4.69) is 0 Å². The standard InChI is InChI=1S/C21H33NO2/c1-18(23)20-16-13-17-22(21(20)24)19-14-11-9-7-5-3-2-4-6-8-10-12-15-19/h13,16-17,19H,2-12,14-15H2,1H3. The fraction of sp³-hybridized carbons (Fsp3) is 0.714. The van der Waals surface area contributed by atoms with Crippen LogP contribution in [-0.4, -0.2) is 10.4 Å². The van der Waals surface area contributed by atoms with Crippen molar-refractivity contribution in [3.63, 3.8) is 0 Å². The van der Waals surface area contributed by atoms with E-state index < -0.39 is 0 Å². The lowest BCUT2D eigenvalue weighted by Crippen LogP contribution is -2.28. The van der Waals surface area contributed by atoms with Crippen LogP contribution in [0.4, 0.5) is 0 Å². The van der Waals surface area contributed by atoms with Crippen LogP contribution in [0.2, 0.25) is 0 Å². The summed E-state index contributed by atoms with van der Waals surface area (Å²) in [6.45, 7) is 1.48. The highest BCUT2D eigenvalue weighted by atomic mass is 16.1. The van der Waals surface area contributed by atoms with Gasteiger partial charge in [0, 0.05) is 12.2 Å². The number of rotatable bonds is 2. The number of hydrogen-bond acceptors (Lipinski definition) is 2. The molecule has 0 atom stereocenters. The third-order valence-electron chi connectivity index (χ3n) is 5.32. The van der Waals surface area contributed by atoms with Gasteiger partial charge in [-0.2, -0.15) is 0 Å². The predicted octanol–water partition coefficient (Wildman–Crippen LogP) is 5.68. The molecule has 0 aliphatic heterocycles. The Kier molecular flexibility index (Phi) is 8.27. The first kappa shape index (κ1) is 19.0. The van der Waals surface area contributed by atoms with E-state index in [0.717, 1.165) is 12.8 Å². The van der Waals surface area contributed by atoms with Gasteiger partial charge in [-0.1, -0.05) is 70.6 Å². The van der Waals surface area contributed by atoms with Crippen molar-refractivity contribution in [2.45, 2.75) is 96.4 Å². The summed E-state index contributed by atoms with van der Waals surface area (Å²) in [4.78, 5) is 24.3. The molecule has 1 heterocycles. The van der Waals surface area contributed by atoms with Crippen molar-refractivity contribution in [3.8, 4) is 0 Å². The van der Waals surface area contributed by atoms with Gasteiger partial charge in [0.2, 0.25) is 0 Å². The van der Waals surface area contributed by atoms with E-state index in [1.165, 1.54) is 77.6 Å². The Labute approximate surface area is 146 Å². The molecule has 2 rings (SSSR count). The first-order chi connectivity index (χ1) is 11.7. The van der Waals surface area contributed by atoms with Crippen molar-refractivity contribution in [2.75, 3.05) is 0 Å². The Balaban J connectivity index is 2.07. The van der Waals surface area contributed by atoms with Crippen LogP contribution >= 0.6 is 0 Å². The zero-order valence-corrected chi connectivity index (χ0v) is 15.3. The summed E-state index contributed by atoms with van der Waals surface area (Å²) in [5.41, 5.74) is 0.230. The number of pyridine rings is 1. The van der Waals surface area contributed by atoms with Crippen molar-refractivity contribution in [2.24, 2.45) is 0 Å². The minimum Gasteiger partial charge on any atom is -0.312 e. The average molecular weight is 332 g/mol. The fourth-order valence-electron chi connectivity index (χ4n) is 3.84. The van der Waals surface area contributed by atoms with Crippen molar-refractivity contribution in [3.05, 3.63) is 34.2 Å². The summed E-state index contributed by atoms with van der Waals surface area (Å²) in [5.74, 6) is -0.129. The van der Waals surface area contributed by atoms with Gasteiger partial charge in [-0.3, -0.25) is 9.59 Å².